The molecule has 0 radical (unpaired) electrons. The fourth-order valence-corrected chi connectivity index (χ4v) is 2.45. The smallest absolute Gasteiger partial charge is 0.272 e. The van der Waals surface area contributed by atoms with Gasteiger partial charge < -0.3 is 10.2 Å². The molecule has 1 aromatic carbocycles. The molecule has 1 N–H and O–H groups in total. The van der Waals surface area contributed by atoms with Gasteiger partial charge in [-0.2, -0.15) is 0 Å². The minimum absolute atomic E-state index is 0.0634. The molecule has 0 saturated heterocycles. The number of benzene rings is 1. The Morgan fingerprint density at radius 3 is 2.48 bits per heavy atom. The topological polar surface area (TPSA) is 58.1 Å². The molecule has 1 amide bonds. The first kappa shape index (κ1) is 18.9. The van der Waals surface area contributed by atoms with E-state index in [1.54, 1.807) is 11.0 Å². The van der Waals surface area contributed by atoms with Crippen LogP contribution in [0.2, 0.25) is 0 Å². The van der Waals surface area contributed by atoms with Gasteiger partial charge in [0.1, 0.15) is 11.5 Å². The Hall–Kier alpha value is -2.43. The van der Waals surface area contributed by atoms with Crippen molar-refractivity contribution < 1.29 is 4.79 Å². The van der Waals surface area contributed by atoms with Crippen LogP contribution >= 0.6 is 0 Å². The molecule has 5 heteroatoms. The van der Waals surface area contributed by atoms with Crippen LogP contribution in [0, 0.1) is 0 Å². The number of rotatable bonds is 9. The van der Waals surface area contributed by atoms with Crippen molar-refractivity contribution in [2.45, 2.75) is 39.5 Å². The van der Waals surface area contributed by atoms with E-state index in [0.29, 0.717) is 17.3 Å². The second-order valence-electron chi connectivity index (χ2n) is 6.19. The van der Waals surface area contributed by atoms with Crippen LogP contribution in [-0.2, 0) is 0 Å². The van der Waals surface area contributed by atoms with Crippen LogP contribution in [0.25, 0.3) is 11.4 Å². The largest absolute Gasteiger partial charge is 0.370 e. The van der Waals surface area contributed by atoms with E-state index >= 15 is 0 Å². The van der Waals surface area contributed by atoms with E-state index in [9.17, 15) is 4.79 Å². The lowest BCUT2D eigenvalue weighted by Crippen LogP contribution is -2.28. The van der Waals surface area contributed by atoms with Gasteiger partial charge >= 0.3 is 0 Å². The molecule has 0 fully saturated rings. The van der Waals surface area contributed by atoms with E-state index in [1.165, 1.54) is 0 Å². The summed E-state index contributed by atoms with van der Waals surface area (Å²) in [7, 11) is 1.83. The summed E-state index contributed by atoms with van der Waals surface area (Å²) in [4.78, 5) is 23.6. The molecule has 2 rings (SSSR count). The lowest BCUT2D eigenvalue weighted by atomic mass is 10.2. The number of hydrogen-bond acceptors (Lipinski definition) is 4. The zero-order chi connectivity index (χ0) is 18.1. The standard InChI is InChI=1S/C20H28N4O/c1-4-6-13-21-18-15-17(20(25)24(3)14-7-5-2)22-19(23-18)16-11-9-8-10-12-16/h8-12,15H,4-7,13-14H2,1-3H3,(H,21,22,23). The van der Waals surface area contributed by atoms with Gasteiger partial charge in [-0.1, -0.05) is 57.0 Å². The third-order valence-electron chi connectivity index (χ3n) is 4.01. The monoisotopic (exact) mass is 340 g/mol. The van der Waals surface area contributed by atoms with Gasteiger partial charge in [0.05, 0.1) is 0 Å². The van der Waals surface area contributed by atoms with Crippen LogP contribution in [-0.4, -0.2) is 40.9 Å². The second-order valence-corrected chi connectivity index (χ2v) is 6.19. The Bertz CT molecular complexity index is 673. The maximum Gasteiger partial charge on any atom is 0.272 e. The van der Waals surface area contributed by atoms with Crippen LogP contribution in [0.15, 0.2) is 36.4 Å². The number of hydrogen-bond donors (Lipinski definition) is 1. The SMILES string of the molecule is CCCCNc1cc(C(=O)N(C)CCCC)nc(-c2ccccc2)n1. The van der Waals surface area contributed by atoms with E-state index < -0.39 is 0 Å². The first-order chi connectivity index (χ1) is 12.2. The normalized spacial score (nSPS) is 10.5. The van der Waals surface area contributed by atoms with E-state index in [1.807, 2.05) is 37.4 Å². The Morgan fingerprint density at radius 1 is 1.08 bits per heavy atom. The van der Waals surface area contributed by atoms with Gasteiger partial charge in [0.25, 0.3) is 5.91 Å². The van der Waals surface area contributed by atoms with E-state index in [2.05, 4.69) is 29.1 Å². The fourth-order valence-electron chi connectivity index (χ4n) is 2.45. The average molecular weight is 340 g/mol. The first-order valence-electron chi connectivity index (χ1n) is 9.09. The van der Waals surface area contributed by atoms with E-state index in [4.69, 9.17) is 0 Å². The number of aromatic nitrogens is 2. The maximum absolute atomic E-state index is 12.7. The molecule has 0 spiro atoms. The highest BCUT2D eigenvalue weighted by molar-refractivity contribution is 5.93. The fraction of sp³-hybridized carbons (Fsp3) is 0.450. The van der Waals surface area contributed by atoms with Crippen LogP contribution in [0.1, 0.15) is 50.0 Å². The average Bonchev–Trinajstić information content (AvgIpc) is 2.66. The van der Waals surface area contributed by atoms with Crippen molar-refractivity contribution in [1.82, 2.24) is 14.9 Å². The number of nitrogens with zero attached hydrogens (tertiary/aromatic N) is 3. The molecule has 0 unspecified atom stereocenters. The van der Waals surface area contributed by atoms with Gasteiger partial charge in [-0.05, 0) is 12.8 Å². The van der Waals surface area contributed by atoms with Crippen molar-refractivity contribution in [2.24, 2.45) is 0 Å². The molecule has 0 saturated carbocycles. The Balaban J connectivity index is 2.30. The van der Waals surface area contributed by atoms with E-state index in [0.717, 1.165) is 44.3 Å². The second kappa shape index (κ2) is 9.77. The van der Waals surface area contributed by atoms with Crippen LogP contribution in [0.4, 0.5) is 5.82 Å². The molecule has 0 atom stereocenters. The highest BCUT2D eigenvalue weighted by Crippen LogP contribution is 2.18. The number of anilines is 1. The molecule has 5 nitrogen and oxygen atoms in total. The quantitative estimate of drug-likeness (QED) is 0.694. The summed E-state index contributed by atoms with van der Waals surface area (Å²) in [5, 5.41) is 3.31. The van der Waals surface area contributed by atoms with Crippen molar-refractivity contribution in [3.05, 3.63) is 42.1 Å². The lowest BCUT2D eigenvalue weighted by molar-refractivity contribution is 0.0787. The van der Waals surface area contributed by atoms with Gasteiger partial charge in [0.15, 0.2) is 5.82 Å². The van der Waals surface area contributed by atoms with Crippen molar-refractivity contribution in [3.63, 3.8) is 0 Å². The summed E-state index contributed by atoms with van der Waals surface area (Å²) in [6.45, 7) is 5.83. The zero-order valence-electron chi connectivity index (χ0n) is 15.5. The van der Waals surface area contributed by atoms with Gasteiger partial charge in [0.2, 0.25) is 0 Å². The predicted molar refractivity (Wildman–Crippen MR) is 103 cm³/mol. The number of amides is 1. The molecule has 134 valence electrons. The first-order valence-corrected chi connectivity index (χ1v) is 9.09. The van der Waals surface area contributed by atoms with Gasteiger partial charge in [0, 0.05) is 31.8 Å². The van der Waals surface area contributed by atoms with Crippen molar-refractivity contribution in [1.29, 1.82) is 0 Å². The number of carbonyl (C=O) groups is 1. The molecule has 1 heterocycles. The molecule has 0 aliphatic heterocycles. The molecule has 0 bridgehead atoms. The highest BCUT2D eigenvalue weighted by Gasteiger charge is 2.16. The van der Waals surface area contributed by atoms with Crippen LogP contribution in [0.3, 0.4) is 0 Å². The molecule has 25 heavy (non-hydrogen) atoms. The molecule has 2 aromatic rings. The number of unbranched alkanes of at least 4 members (excludes halogenated alkanes) is 2. The molecule has 1 aromatic heterocycles. The molecule has 0 aliphatic rings. The Kier molecular flexibility index (Phi) is 7.38. The minimum atomic E-state index is -0.0634. The molecular weight excluding hydrogens is 312 g/mol. The van der Waals surface area contributed by atoms with Crippen LogP contribution < -0.4 is 5.32 Å². The van der Waals surface area contributed by atoms with Gasteiger partial charge in [-0.15, -0.1) is 0 Å². The highest BCUT2D eigenvalue weighted by atomic mass is 16.2. The molecular formula is C20H28N4O. The predicted octanol–water partition coefficient (Wildman–Crippen LogP) is 4.23. The van der Waals surface area contributed by atoms with Crippen molar-refractivity contribution in [3.8, 4) is 11.4 Å². The maximum atomic E-state index is 12.7. The van der Waals surface area contributed by atoms with Crippen LogP contribution in [0.5, 0.6) is 0 Å². The summed E-state index contributed by atoms with van der Waals surface area (Å²) in [5.41, 5.74) is 1.35. The number of nitrogens with one attached hydrogen (secondary N) is 1. The third-order valence-corrected chi connectivity index (χ3v) is 4.01. The zero-order valence-corrected chi connectivity index (χ0v) is 15.5. The summed E-state index contributed by atoms with van der Waals surface area (Å²) in [6, 6.07) is 11.5. The third kappa shape index (κ3) is 5.55. The summed E-state index contributed by atoms with van der Waals surface area (Å²) in [6.07, 6.45) is 4.21. The van der Waals surface area contributed by atoms with Crippen molar-refractivity contribution >= 4 is 11.7 Å². The van der Waals surface area contributed by atoms with Crippen molar-refractivity contribution in [2.75, 3.05) is 25.5 Å². The number of carbonyl (C=O) groups excluding carboxylic acids is 1. The Labute approximate surface area is 150 Å². The van der Waals surface area contributed by atoms with Gasteiger partial charge in [-0.3, -0.25) is 4.79 Å². The van der Waals surface area contributed by atoms with E-state index in [-0.39, 0.29) is 5.91 Å². The molecule has 0 aliphatic carbocycles. The summed E-state index contributed by atoms with van der Waals surface area (Å²) >= 11 is 0. The minimum Gasteiger partial charge on any atom is -0.370 e. The van der Waals surface area contributed by atoms with Gasteiger partial charge in [-0.25, -0.2) is 9.97 Å². The summed E-state index contributed by atoms with van der Waals surface area (Å²) in [5.74, 6) is 1.22. The Morgan fingerprint density at radius 2 is 1.80 bits per heavy atom. The lowest BCUT2D eigenvalue weighted by Gasteiger charge is -2.17. The summed E-state index contributed by atoms with van der Waals surface area (Å²) < 4.78 is 0.